The van der Waals surface area contributed by atoms with E-state index in [-0.39, 0.29) is 11.6 Å². The normalized spacial score (nSPS) is 10.7. The maximum absolute atomic E-state index is 12.3. The van der Waals surface area contributed by atoms with Crippen LogP contribution in [0.4, 0.5) is 0 Å². The van der Waals surface area contributed by atoms with E-state index in [0.29, 0.717) is 12.3 Å². The molecular formula is C19H16N6O2. The molecule has 0 aliphatic heterocycles. The summed E-state index contributed by atoms with van der Waals surface area (Å²) < 4.78 is 6.96. The van der Waals surface area contributed by atoms with Gasteiger partial charge < -0.3 is 9.84 Å². The number of nitrogens with zero attached hydrogens (tertiary/aromatic N) is 5. The molecule has 1 N–H and O–H groups in total. The van der Waals surface area contributed by atoms with E-state index in [2.05, 4.69) is 25.5 Å². The highest BCUT2D eigenvalue weighted by Gasteiger charge is 2.14. The Kier molecular flexibility index (Phi) is 4.44. The fourth-order valence-electron chi connectivity index (χ4n) is 2.61. The van der Waals surface area contributed by atoms with Crippen LogP contribution < -0.4 is 5.32 Å². The second-order valence-corrected chi connectivity index (χ2v) is 5.99. The first-order chi connectivity index (χ1) is 13.2. The van der Waals surface area contributed by atoms with E-state index in [1.807, 2.05) is 25.4 Å². The molecule has 0 aromatic carbocycles. The Balaban J connectivity index is 1.43. The quantitative estimate of drug-likeness (QED) is 0.587. The van der Waals surface area contributed by atoms with Crippen molar-refractivity contribution in [2.45, 2.75) is 6.54 Å². The first kappa shape index (κ1) is 16.6. The Hall–Kier alpha value is -3.81. The molecule has 1 amide bonds. The minimum absolute atomic E-state index is 0.213. The molecule has 0 aliphatic carbocycles. The second-order valence-electron chi connectivity index (χ2n) is 5.99. The van der Waals surface area contributed by atoms with Crippen molar-refractivity contribution < 1.29 is 9.32 Å². The Bertz CT molecular complexity index is 1070. The highest BCUT2D eigenvalue weighted by atomic mass is 16.5. The first-order valence-corrected chi connectivity index (χ1v) is 8.27. The number of pyridine rings is 2. The Morgan fingerprint density at radius 3 is 2.78 bits per heavy atom. The Labute approximate surface area is 154 Å². The molecule has 134 valence electrons. The summed E-state index contributed by atoms with van der Waals surface area (Å²) >= 11 is 0. The molecule has 0 unspecified atom stereocenters. The van der Waals surface area contributed by atoms with Crippen LogP contribution in [0.3, 0.4) is 0 Å². The molecule has 4 aromatic rings. The van der Waals surface area contributed by atoms with Crippen LogP contribution in [0, 0.1) is 0 Å². The molecule has 27 heavy (non-hydrogen) atoms. The van der Waals surface area contributed by atoms with Gasteiger partial charge in [-0.2, -0.15) is 5.10 Å². The molecular weight excluding hydrogens is 344 g/mol. The van der Waals surface area contributed by atoms with Gasteiger partial charge >= 0.3 is 0 Å². The van der Waals surface area contributed by atoms with Gasteiger partial charge in [-0.05, 0) is 23.8 Å². The maximum atomic E-state index is 12.3. The lowest BCUT2D eigenvalue weighted by Gasteiger charge is -2.04. The SMILES string of the molecule is Cn1cc(-c2cncc(CNC(=O)c3cc(-c4cccnc4)on3)c2)cn1. The first-order valence-electron chi connectivity index (χ1n) is 8.27. The second kappa shape index (κ2) is 7.20. The van der Waals surface area contributed by atoms with Gasteiger partial charge in [-0.1, -0.05) is 5.16 Å². The molecule has 4 rings (SSSR count). The molecule has 0 fully saturated rings. The summed E-state index contributed by atoms with van der Waals surface area (Å²) in [5.74, 6) is 0.175. The van der Waals surface area contributed by atoms with Gasteiger partial charge in [-0.15, -0.1) is 0 Å². The number of amides is 1. The fraction of sp³-hybridized carbons (Fsp3) is 0.105. The van der Waals surface area contributed by atoms with E-state index >= 15 is 0 Å². The fourth-order valence-corrected chi connectivity index (χ4v) is 2.61. The standard InChI is InChI=1S/C19H16N6O2/c1-25-12-16(11-23-25)15-5-13(7-21-10-15)8-22-19(26)17-6-18(27-24-17)14-3-2-4-20-9-14/h2-7,9-12H,8H2,1H3,(H,22,26). The summed E-state index contributed by atoms with van der Waals surface area (Å²) in [6, 6.07) is 7.19. The Morgan fingerprint density at radius 1 is 1.11 bits per heavy atom. The van der Waals surface area contributed by atoms with Gasteiger partial charge in [0.1, 0.15) is 0 Å². The van der Waals surface area contributed by atoms with Gasteiger partial charge in [0.15, 0.2) is 11.5 Å². The lowest BCUT2D eigenvalue weighted by atomic mass is 10.1. The number of rotatable bonds is 5. The van der Waals surface area contributed by atoms with E-state index in [4.69, 9.17) is 4.52 Å². The number of aryl methyl sites for hydroxylation is 1. The van der Waals surface area contributed by atoms with E-state index in [1.54, 1.807) is 47.8 Å². The van der Waals surface area contributed by atoms with Crippen LogP contribution in [0.5, 0.6) is 0 Å². The van der Waals surface area contributed by atoms with Gasteiger partial charge in [0.2, 0.25) is 0 Å². The van der Waals surface area contributed by atoms with Gasteiger partial charge in [-0.3, -0.25) is 19.4 Å². The summed E-state index contributed by atoms with van der Waals surface area (Å²) in [5.41, 5.74) is 3.76. The molecule has 0 bridgehead atoms. The highest BCUT2D eigenvalue weighted by Crippen LogP contribution is 2.20. The van der Waals surface area contributed by atoms with E-state index < -0.39 is 0 Å². The third-order valence-corrected chi connectivity index (χ3v) is 3.98. The third-order valence-electron chi connectivity index (χ3n) is 3.98. The van der Waals surface area contributed by atoms with Crippen LogP contribution in [-0.2, 0) is 13.6 Å². The topological polar surface area (TPSA) is 98.7 Å². The summed E-state index contributed by atoms with van der Waals surface area (Å²) in [4.78, 5) is 20.6. The highest BCUT2D eigenvalue weighted by molar-refractivity contribution is 5.93. The predicted molar refractivity (Wildman–Crippen MR) is 97.3 cm³/mol. The molecule has 4 heterocycles. The molecule has 0 aliphatic rings. The molecule has 8 nitrogen and oxygen atoms in total. The van der Waals surface area contributed by atoms with Crippen molar-refractivity contribution in [1.29, 1.82) is 0 Å². The summed E-state index contributed by atoms with van der Waals surface area (Å²) in [7, 11) is 1.86. The monoisotopic (exact) mass is 360 g/mol. The van der Waals surface area contributed by atoms with Crippen molar-refractivity contribution in [1.82, 2.24) is 30.2 Å². The van der Waals surface area contributed by atoms with Crippen LogP contribution in [0.2, 0.25) is 0 Å². The zero-order valence-corrected chi connectivity index (χ0v) is 14.5. The molecule has 0 atom stereocenters. The molecule has 8 heteroatoms. The van der Waals surface area contributed by atoms with Crippen molar-refractivity contribution in [2.24, 2.45) is 7.05 Å². The number of carbonyl (C=O) groups is 1. The van der Waals surface area contributed by atoms with E-state index in [9.17, 15) is 4.79 Å². The van der Waals surface area contributed by atoms with E-state index in [0.717, 1.165) is 22.3 Å². The largest absolute Gasteiger partial charge is 0.355 e. The molecule has 0 saturated carbocycles. The Morgan fingerprint density at radius 2 is 2.00 bits per heavy atom. The number of aromatic nitrogens is 5. The minimum Gasteiger partial charge on any atom is -0.355 e. The van der Waals surface area contributed by atoms with Crippen LogP contribution >= 0.6 is 0 Å². The summed E-state index contributed by atoms with van der Waals surface area (Å²) in [5, 5.41) is 10.8. The zero-order valence-electron chi connectivity index (χ0n) is 14.5. The number of carbonyl (C=O) groups excluding carboxylic acids is 1. The number of hydrogen-bond acceptors (Lipinski definition) is 6. The van der Waals surface area contributed by atoms with Crippen LogP contribution in [0.1, 0.15) is 16.1 Å². The number of nitrogens with one attached hydrogen (secondary N) is 1. The maximum Gasteiger partial charge on any atom is 0.273 e. The van der Waals surface area contributed by atoms with Crippen molar-refractivity contribution in [3.63, 3.8) is 0 Å². The molecule has 0 radical (unpaired) electrons. The van der Waals surface area contributed by atoms with Crippen LogP contribution in [0.25, 0.3) is 22.5 Å². The molecule has 4 aromatic heterocycles. The summed E-state index contributed by atoms with van der Waals surface area (Å²) in [6.45, 7) is 0.328. The lowest BCUT2D eigenvalue weighted by Crippen LogP contribution is -2.23. The van der Waals surface area contributed by atoms with Crippen LogP contribution in [-0.4, -0.2) is 30.8 Å². The molecule has 0 spiro atoms. The lowest BCUT2D eigenvalue weighted by molar-refractivity contribution is 0.0942. The smallest absolute Gasteiger partial charge is 0.273 e. The molecule has 0 saturated heterocycles. The van der Waals surface area contributed by atoms with Gasteiger partial charge in [0.25, 0.3) is 5.91 Å². The average Bonchev–Trinajstić information content (AvgIpc) is 3.36. The van der Waals surface area contributed by atoms with Gasteiger partial charge in [0.05, 0.1) is 6.20 Å². The zero-order chi connectivity index (χ0) is 18.6. The van der Waals surface area contributed by atoms with Gasteiger partial charge in [-0.25, -0.2) is 0 Å². The van der Waals surface area contributed by atoms with Crippen molar-refractivity contribution >= 4 is 5.91 Å². The minimum atomic E-state index is -0.319. The van der Waals surface area contributed by atoms with E-state index in [1.165, 1.54) is 0 Å². The van der Waals surface area contributed by atoms with Crippen molar-refractivity contribution in [2.75, 3.05) is 0 Å². The number of hydrogen-bond donors (Lipinski definition) is 1. The van der Waals surface area contributed by atoms with Crippen LogP contribution in [0.15, 0.2) is 66.0 Å². The van der Waals surface area contributed by atoms with Gasteiger partial charge in [0, 0.05) is 67.3 Å². The summed E-state index contributed by atoms with van der Waals surface area (Å²) in [6.07, 6.45) is 10.5. The third kappa shape index (κ3) is 3.74. The van der Waals surface area contributed by atoms with Crippen molar-refractivity contribution in [3.8, 4) is 22.5 Å². The average molecular weight is 360 g/mol. The predicted octanol–water partition coefficient (Wildman–Crippen LogP) is 2.46. The van der Waals surface area contributed by atoms with Crippen molar-refractivity contribution in [3.05, 3.63) is 72.7 Å².